The highest BCUT2D eigenvalue weighted by atomic mass is 16.2. The number of aromatic amines is 2. The van der Waals surface area contributed by atoms with Gasteiger partial charge in [-0.25, -0.2) is 9.97 Å². The maximum atomic E-state index is 12.7. The van der Waals surface area contributed by atoms with Crippen LogP contribution < -0.4 is 10.9 Å². The molecule has 0 radical (unpaired) electrons. The number of amides is 1. The zero-order chi connectivity index (χ0) is 23.1. The van der Waals surface area contributed by atoms with E-state index >= 15 is 0 Å². The summed E-state index contributed by atoms with van der Waals surface area (Å²) < 4.78 is 1.50. The van der Waals surface area contributed by atoms with Gasteiger partial charge in [0.1, 0.15) is 12.2 Å². The second-order valence-corrected chi connectivity index (χ2v) is 8.71. The lowest BCUT2D eigenvalue weighted by Gasteiger charge is -2.25. The molecule has 4 aromatic rings. The molecule has 0 bridgehead atoms. The number of nitrogens with zero attached hydrogens (tertiary/aromatic N) is 6. The van der Waals surface area contributed by atoms with Crippen molar-refractivity contribution in [3.8, 4) is 11.1 Å². The number of hydrogen-bond donors (Lipinski definition) is 3. The molecule has 11 heteroatoms. The van der Waals surface area contributed by atoms with Crippen LogP contribution in [0.1, 0.15) is 22.5 Å². The van der Waals surface area contributed by atoms with Crippen LogP contribution in [0.3, 0.4) is 0 Å². The molecule has 172 valence electrons. The predicted octanol–water partition coefficient (Wildman–Crippen LogP) is 0.916. The second kappa shape index (κ2) is 8.25. The molecule has 2 aliphatic rings. The number of rotatable bonds is 5. The fraction of sp³-hybridized carbons (Fsp3) is 0.304. The third-order valence-electron chi connectivity index (χ3n) is 6.44. The van der Waals surface area contributed by atoms with Gasteiger partial charge in [0.25, 0.3) is 5.56 Å². The summed E-state index contributed by atoms with van der Waals surface area (Å²) in [7, 11) is 0. The van der Waals surface area contributed by atoms with Gasteiger partial charge in [0.05, 0.1) is 17.8 Å². The van der Waals surface area contributed by atoms with E-state index in [1.165, 1.54) is 15.8 Å². The monoisotopic (exact) mass is 457 g/mol. The Bertz CT molecular complexity index is 1380. The van der Waals surface area contributed by atoms with Crippen molar-refractivity contribution in [2.24, 2.45) is 0 Å². The first kappa shape index (κ1) is 20.3. The molecule has 0 spiro atoms. The highest BCUT2D eigenvalue weighted by Gasteiger charge is 2.24. The number of aromatic nitrogens is 7. The minimum atomic E-state index is -0.291. The second-order valence-electron chi connectivity index (χ2n) is 8.71. The van der Waals surface area contributed by atoms with Crippen LogP contribution in [0, 0.1) is 0 Å². The number of hydrogen-bond acceptors (Lipinski definition) is 7. The van der Waals surface area contributed by atoms with Crippen LogP contribution in [-0.2, 0) is 37.1 Å². The van der Waals surface area contributed by atoms with E-state index in [9.17, 15) is 9.59 Å². The van der Waals surface area contributed by atoms with Gasteiger partial charge in [-0.2, -0.15) is 15.4 Å². The number of H-pyrrole nitrogens is 2. The molecule has 1 aliphatic heterocycles. The van der Waals surface area contributed by atoms with Crippen LogP contribution in [-0.4, -0.2) is 58.6 Å². The van der Waals surface area contributed by atoms with E-state index in [1.54, 1.807) is 23.5 Å². The summed E-state index contributed by atoms with van der Waals surface area (Å²) in [6.07, 6.45) is 7.43. The van der Waals surface area contributed by atoms with Crippen molar-refractivity contribution >= 4 is 11.9 Å². The van der Waals surface area contributed by atoms with Crippen LogP contribution in [0.25, 0.3) is 11.1 Å². The molecule has 4 heterocycles. The smallest absolute Gasteiger partial charge is 0.272 e. The molecular formula is C23H23N9O2. The molecule has 0 saturated heterocycles. The molecule has 0 atom stereocenters. The number of carbonyl (C=O) groups is 1. The summed E-state index contributed by atoms with van der Waals surface area (Å²) in [5.74, 6) is 0.435. The Morgan fingerprint density at radius 2 is 1.82 bits per heavy atom. The van der Waals surface area contributed by atoms with E-state index in [-0.39, 0.29) is 24.1 Å². The minimum Gasteiger partial charge on any atom is -0.351 e. The fourth-order valence-corrected chi connectivity index (χ4v) is 4.67. The molecule has 0 unspecified atom stereocenters. The van der Waals surface area contributed by atoms with Crippen molar-refractivity contribution in [3.05, 3.63) is 75.7 Å². The molecular weight excluding hydrogens is 434 g/mol. The molecule has 0 fully saturated rings. The highest BCUT2D eigenvalue weighted by Crippen LogP contribution is 2.24. The number of benzene rings is 1. The lowest BCUT2D eigenvalue weighted by molar-refractivity contribution is -0.133. The Kier molecular flexibility index (Phi) is 4.93. The summed E-state index contributed by atoms with van der Waals surface area (Å²) in [6, 6.07) is 8.67. The van der Waals surface area contributed by atoms with E-state index in [0.717, 1.165) is 24.2 Å². The zero-order valence-corrected chi connectivity index (χ0v) is 18.4. The summed E-state index contributed by atoms with van der Waals surface area (Å²) >= 11 is 0. The Morgan fingerprint density at radius 3 is 2.59 bits per heavy atom. The van der Waals surface area contributed by atoms with E-state index < -0.39 is 0 Å². The summed E-state index contributed by atoms with van der Waals surface area (Å²) in [6.45, 7) is 1.02. The van der Waals surface area contributed by atoms with Crippen molar-refractivity contribution in [1.29, 1.82) is 0 Å². The zero-order valence-electron chi connectivity index (χ0n) is 18.4. The molecule has 1 aromatic carbocycles. The topological polar surface area (TPSA) is 137 Å². The van der Waals surface area contributed by atoms with Crippen LogP contribution in [0.4, 0.5) is 5.95 Å². The molecule has 11 nitrogen and oxygen atoms in total. The fourth-order valence-electron chi connectivity index (χ4n) is 4.67. The average Bonchev–Trinajstić information content (AvgIpc) is 3.56. The standard InChI is InChI=1S/C23H23N9O2/c33-21(31-6-5-19-20(12-31)28-30-27-19)13-32-11-18(22(34)29-32)16-9-24-23(25-10-16)26-17-7-14-3-1-2-4-15(14)8-17/h1-4,9-11,17H,5-8,12-13H2,(H,29,34)(H,24,25,26)(H,27,28,30). The maximum absolute atomic E-state index is 12.7. The van der Waals surface area contributed by atoms with E-state index in [2.05, 4.69) is 60.1 Å². The molecule has 6 rings (SSSR count). The van der Waals surface area contributed by atoms with Gasteiger partial charge in [-0.05, 0) is 24.0 Å². The lowest BCUT2D eigenvalue weighted by Crippen LogP contribution is -2.38. The Balaban J connectivity index is 1.11. The largest absolute Gasteiger partial charge is 0.351 e. The summed E-state index contributed by atoms with van der Waals surface area (Å²) in [5, 5.41) is 16.9. The number of anilines is 1. The summed E-state index contributed by atoms with van der Waals surface area (Å²) in [4.78, 5) is 35.8. The third kappa shape index (κ3) is 3.85. The summed E-state index contributed by atoms with van der Waals surface area (Å²) in [5.41, 5.74) is 5.11. The minimum absolute atomic E-state index is 0.0329. The number of nitrogens with one attached hydrogen (secondary N) is 3. The molecule has 1 aliphatic carbocycles. The van der Waals surface area contributed by atoms with E-state index in [4.69, 9.17) is 0 Å². The molecule has 3 aromatic heterocycles. The van der Waals surface area contributed by atoms with Crippen LogP contribution in [0.5, 0.6) is 0 Å². The van der Waals surface area contributed by atoms with Crippen molar-refractivity contribution < 1.29 is 4.79 Å². The lowest BCUT2D eigenvalue weighted by atomic mass is 10.1. The molecule has 34 heavy (non-hydrogen) atoms. The number of fused-ring (bicyclic) bond motifs is 2. The van der Waals surface area contributed by atoms with Gasteiger partial charge in [0.2, 0.25) is 11.9 Å². The highest BCUT2D eigenvalue weighted by molar-refractivity contribution is 5.76. The Hall–Kier alpha value is -4.28. The first-order valence-corrected chi connectivity index (χ1v) is 11.2. The molecule has 3 N–H and O–H groups in total. The first-order chi connectivity index (χ1) is 16.6. The third-order valence-corrected chi connectivity index (χ3v) is 6.44. The van der Waals surface area contributed by atoms with Gasteiger partial charge in [-0.3, -0.25) is 19.4 Å². The molecule has 1 amide bonds. The SMILES string of the molecule is O=C(Cn1cc(-c2cnc(NC3Cc4ccccc4C3)nc2)c(=O)[nH]1)N1CCc2n[nH]nc2C1. The predicted molar refractivity (Wildman–Crippen MR) is 123 cm³/mol. The van der Waals surface area contributed by atoms with Crippen molar-refractivity contribution in [2.45, 2.75) is 38.4 Å². The quantitative estimate of drug-likeness (QED) is 0.405. The Morgan fingerprint density at radius 1 is 1.09 bits per heavy atom. The van der Waals surface area contributed by atoms with Crippen molar-refractivity contribution in [2.75, 3.05) is 11.9 Å². The van der Waals surface area contributed by atoms with Gasteiger partial charge in [-0.15, -0.1) is 0 Å². The van der Waals surface area contributed by atoms with Crippen LogP contribution in [0.2, 0.25) is 0 Å². The normalized spacial score (nSPS) is 15.2. The van der Waals surface area contributed by atoms with Crippen LogP contribution >= 0.6 is 0 Å². The van der Waals surface area contributed by atoms with Gasteiger partial charge < -0.3 is 10.2 Å². The van der Waals surface area contributed by atoms with E-state index in [0.29, 0.717) is 36.6 Å². The number of carbonyl (C=O) groups excluding carboxylic acids is 1. The van der Waals surface area contributed by atoms with Gasteiger partial charge in [-0.1, -0.05) is 24.3 Å². The van der Waals surface area contributed by atoms with Gasteiger partial charge in [0.15, 0.2) is 0 Å². The van der Waals surface area contributed by atoms with Crippen molar-refractivity contribution in [3.63, 3.8) is 0 Å². The average molecular weight is 457 g/mol. The molecule has 0 saturated carbocycles. The van der Waals surface area contributed by atoms with E-state index in [1.807, 2.05) is 0 Å². The maximum Gasteiger partial charge on any atom is 0.272 e. The Labute approximate surface area is 194 Å². The van der Waals surface area contributed by atoms with Gasteiger partial charge >= 0.3 is 0 Å². The first-order valence-electron chi connectivity index (χ1n) is 11.2. The van der Waals surface area contributed by atoms with Gasteiger partial charge in [0, 0.05) is 43.2 Å². The van der Waals surface area contributed by atoms with Crippen molar-refractivity contribution in [1.82, 2.24) is 40.1 Å². The van der Waals surface area contributed by atoms with Crippen LogP contribution in [0.15, 0.2) is 47.7 Å².